The fourth-order valence-corrected chi connectivity index (χ4v) is 1.65. The highest BCUT2D eigenvalue weighted by Crippen LogP contribution is 2.18. The second-order valence-electron chi connectivity index (χ2n) is 3.96. The van der Waals surface area contributed by atoms with Crippen LogP contribution >= 0.6 is 0 Å². The number of halogens is 1. The first-order valence-electron chi connectivity index (χ1n) is 5.70. The van der Waals surface area contributed by atoms with Gasteiger partial charge in [0.05, 0.1) is 5.69 Å². The summed E-state index contributed by atoms with van der Waals surface area (Å²) in [5.74, 6) is -0.483. The van der Waals surface area contributed by atoms with Crippen molar-refractivity contribution in [2.24, 2.45) is 0 Å². The van der Waals surface area contributed by atoms with Gasteiger partial charge in [0.1, 0.15) is 17.8 Å². The standard InChI is InChI=1S/C12H9FN6O/c13-8-3-1-7(2-4-8)9-5-10(18-17-9)11(20)16-12-14-6-15-19-12/h1-6H,(H,17,18)(H2,14,15,16,19,20). The Morgan fingerprint density at radius 3 is 2.70 bits per heavy atom. The Bertz CT molecular complexity index is 719. The maximum atomic E-state index is 12.8. The highest BCUT2D eigenvalue weighted by atomic mass is 19.1. The van der Waals surface area contributed by atoms with Crippen molar-refractivity contribution in [3.63, 3.8) is 0 Å². The number of carbonyl (C=O) groups is 1. The van der Waals surface area contributed by atoms with E-state index in [4.69, 9.17) is 0 Å². The first-order valence-corrected chi connectivity index (χ1v) is 5.70. The number of hydrogen-bond acceptors (Lipinski definition) is 4. The van der Waals surface area contributed by atoms with E-state index in [9.17, 15) is 9.18 Å². The van der Waals surface area contributed by atoms with E-state index < -0.39 is 5.91 Å². The molecule has 2 aromatic heterocycles. The van der Waals surface area contributed by atoms with Gasteiger partial charge in [-0.15, -0.1) is 0 Å². The van der Waals surface area contributed by atoms with Crippen LogP contribution < -0.4 is 5.32 Å². The molecule has 7 nitrogen and oxygen atoms in total. The fraction of sp³-hybridized carbons (Fsp3) is 0. The third kappa shape index (κ3) is 2.39. The zero-order valence-corrected chi connectivity index (χ0v) is 10.1. The van der Waals surface area contributed by atoms with Crippen molar-refractivity contribution in [1.82, 2.24) is 25.4 Å². The SMILES string of the molecule is O=C(Nc1ncn[nH]1)c1cc(-c2ccc(F)cc2)n[nH]1. The van der Waals surface area contributed by atoms with Gasteiger partial charge in [-0.25, -0.2) is 9.49 Å². The lowest BCUT2D eigenvalue weighted by Gasteiger charge is -1.97. The number of H-pyrrole nitrogens is 2. The molecular weight excluding hydrogens is 263 g/mol. The van der Waals surface area contributed by atoms with E-state index in [1.165, 1.54) is 18.5 Å². The summed E-state index contributed by atoms with van der Waals surface area (Å²) in [5, 5.41) is 15.3. The molecule has 100 valence electrons. The van der Waals surface area contributed by atoms with Crippen LogP contribution in [0, 0.1) is 5.82 Å². The summed E-state index contributed by atoms with van der Waals surface area (Å²) in [5.41, 5.74) is 1.52. The third-order valence-electron chi connectivity index (χ3n) is 2.61. The molecule has 0 aliphatic heterocycles. The summed E-state index contributed by atoms with van der Waals surface area (Å²) in [7, 11) is 0. The zero-order chi connectivity index (χ0) is 13.9. The molecule has 0 radical (unpaired) electrons. The van der Waals surface area contributed by atoms with E-state index in [0.717, 1.165) is 0 Å². The summed E-state index contributed by atoms with van der Waals surface area (Å²) < 4.78 is 12.8. The minimum Gasteiger partial charge on any atom is -0.289 e. The molecule has 0 saturated heterocycles. The molecule has 1 amide bonds. The number of carbonyl (C=O) groups excluding carboxylic acids is 1. The molecule has 8 heteroatoms. The van der Waals surface area contributed by atoms with Gasteiger partial charge in [-0.1, -0.05) is 0 Å². The van der Waals surface area contributed by atoms with E-state index in [1.54, 1.807) is 18.2 Å². The lowest BCUT2D eigenvalue weighted by atomic mass is 10.1. The number of nitrogens with one attached hydrogen (secondary N) is 3. The predicted molar refractivity (Wildman–Crippen MR) is 68.3 cm³/mol. The number of rotatable bonds is 3. The smallest absolute Gasteiger partial charge is 0.276 e. The van der Waals surface area contributed by atoms with Crippen LogP contribution in [0.25, 0.3) is 11.3 Å². The van der Waals surface area contributed by atoms with Crippen LogP contribution in [0.1, 0.15) is 10.5 Å². The quantitative estimate of drug-likeness (QED) is 0.674. The van der Waals surface area contributed by atoms with Crippen molar-refractivity contribution in [2.45, 2.75) is 0 Å². The van der Waals surface area contributed by atoms with E-state index in [-0.39, 0.29) is 17.5 Å². The van der Waals surface area contributed by atoms with Crippen LogP contribution in [-0.2, 0) is 0 Å². The van der Waals surface area contributed by atoms with Gasteiger partial charge in [0.15, 0.2) is 0 Å². The lowest BCUT2D eigenvalue weighted by molar-refractivity contribution is 0.102. The Balaban J connectivity index is 1.79. The molecule has 0 atom stereocenters. The minimum atomic E-state index is -0.400. The molecule has 2 heterocycles. The first-order chi connectivity index (χ1) is 9.72. The molecule has 3 rings (SSSR count). The molecule has 0 aliphatic rings. The number of aromatic amines is 2. The number of nitrogens with zero attached hydrogens (tertiary/aromatic N) is 3. The predicted octanol–water partition coefficient (Wildman–Crippen LogP) is 1.59. The van der Waals surface area contributed by atoms with Gasteiger partial charge in [0.25, 0.3) is 5.91 Å². The van der Waals surface area contributed by atoms with Crippen molar-refractivity contribution < 1.29 is 9.18 Å². The Hall–Kier alpha value is -3.03. The normalized spacial score (nSPS) is 10.4. The number of aromatic nitrogens is 5. The number of anilines is 1. The zero-order valence-electron chi connectivity index (χ0n) is 10.1. The number of amides is 1. The molecular formula is C12H9FN6O. The molecule has 20 heavy (non-hydrogen) atoms. The maximum Gasteiger partial charge on any atom is 0.276 e. The van der Waals surface area contributed by atoms with Crippen LogP contribution in [0.15, 0.2) is 36.7 Å². The molecule has 0 spiro atoms. The highest BCUT2D eigenvalue weighted by molar-refractivity contribution is 6.02. The molecule has 0 aliphatic carbocycles. The molecule has 0 saturated carbocycles. The maximum absolute atomic E-state index is 12.8. The van der Waals surface area contributed by atoms with Crippen molar-refractivity contribution in [1.29, 1.82) is 0 Å². The molecule has 3 N–H and O–H groups in total. The molecule has 0 fully saturated rings. The second kappa shape index (κ2) is 4.92. The van der Waals surface area contributed by atoms with Crippen molar-refractivity contribution >= 4 is 11.9 Å². The van der Waals surface area contributed by atoms with E-state index in [0.29, 0.717) is 11.3 Å². The average molecular weight is 272 g/mol. The van der Waals surface area contributed by atoms with Crippen LogP contribution in [0.5, 0.6) is 0 Å². The van der Waals surface area contributed by atoms with Crippen LogP contribution in [0.2, 0.25) is 0 Å². The van der Waals surface area contributed by atoms with Crippen molar-refractivity contribution in [3.05, 3.63) is 48.2 Å². The van der Waals surface area contributed by atoms with Gasteiger partial charge in [-0.05, 0) is 30.3 Å². The van der Waals surface area contributed by atoms with Gasteiger partial charge in [0.2, 0.25) is 5.95 Å². The van der Waals surface area contributed by atoms with Gasteiger partial charge in [-0.2, -0.15) is 15.2 Å². The van der Waals surface area contributed by atoms with Crippen LogP contribution in [0.3, 0.4) is 0 Å². The van der Waals surface area contributed by atoms with Crippen LogP contribution in [0.4, 0.5) is 10.3 Å². The fourth-order valence-electron chi connectivity index (χ4n) is 1.65. The average Bonchev–Trinajstić information content (AvgIpc) is 3.10. The summed E-state index contributed by atoms with van der Waals surface area (Å²) in [6.45, 7) is 0. The lowest BCUT2D eigenvalue weighted by Crippen LogP contribution is -2.13. The topological polar surface area (TPSA) is 99.3 Å². The summed E-state index contributed by atoms with van der Waals surface area (Å²) >= 11 is 0. The molecule has 0 bridgehead atoms. The first kappa shape index (κ1) is 12.0. The van der Waals surface area contributed by atoms with E-state index in [1.807, 2.05) is 0 Å². The van der Waals surface area contributed by atoms with Crippen LogP contribution in [-0.4, -0.2) is 31.3 Å². The molecule has 1 aromatic carbocycles. The molecule has 0 unspecified atom stereocenters. The molecule has 3 aromatic rings. The van der Waals surface area contributed by atoms with Crippen molar-refractivity contribution in [2.75, 3.05) is 5.32 Å². The Morgan fingerprint density at radius 2 is 2.00 bits per heavy atom. The summed E-state index contributed by atoms with van der Waals surface area (Å²) in [6.07, 6.45) is 1.28. The summed E-state index contributed by atoms with van der Waals surface area (Å²) in [6, 6.07) is 7.41. The van der Waals surface area contributed by atoms with E-state index >= 15 is 0 Å². The highest BCUT2D eigenvalue weighted by Gasteiger charge is 2.12. The van der Waals surface area contributed by atoms with Gasteiger partial charge in [-0.3, -0.25) is 15.2 Å². The number of hydrogen-bond donors (Lipinski definition) is 3. The Labute approximate surface area is 112 Å². The van der Waals surface area contributed by atoms with Crippen molar-refractivity contribution in [3.8, 4) is 11.3 Å². The monoisotopic (exact) mass is 272 g/mol. The Kier molecular flexibility index (Phi) is 2.96. The second-order valence-corrected chi connectivity index (χ2v) is 3.96. The van der Waals surface area contributed by atoms with Gasteiger partial charge >= 0.3 is 0 Å². The van der Waals surface area contributed by atoms with Gasteiger partial charge in [0, 0.05) is 5.56 Å². The third-order valence-corrected chi connectivity index (χ3v) is 2.61. The largest absolute Gasteiger partial charge is 0.289 e. The minimum absolute atomic E-state index is 0.243. The number of benzene rings is 1. The Morgan fingerprint density at radius 1 is 1.20 bits per heavy atom. The van der Waals surface area contributed by atoms with E-state index in [2.05, 4.69) is 30.7 Å². The van der Waals surface area contributed by atoms with Gasteiger partial charge < -0.3 is 0 Å². The summed E-state index contributed by atoms with van der Waals surface area (Å²) in [4.78, 5) is 15.7.